The van der Waals surface area contributed by atoms with Crippen molar-refractivity contribution in [2.45, 2.75) is 19.3 Å². The first-order valence-electron chi connectivity index (χ1n) is 2.92. The molecule has 2 heteroatoms. The van der Waals surface area contributed by atoms with E-state index in [1.807, 2.05) is 0 Å². The van der Waals surface area contributed by atoms with Gasteiger partial charge in [-0.15, -0.1) is 0 Å². The van der Waals surface area contributed by atoms with Gasteiger partial charge in [-0.3, -0.25) is 4.99 Å². The highest BCUT2D eigenvalue weighted by Gasteiger charge is 1.99. The first-order chi connectivity index (χ1) is 3.93. The lowest BCUT2D eigenvalue weighted by Gasteiger charge is -2.05. The summed E-state index contributed by atoms with van der Waals surface area (Å²) in [7, 11) is 0. The number of nitrogens with zero attached hydrogens (tertiary/aromatic N) is 1. The minimum atomic E-state index is 0.989. The summed E-state index contributed by atoms with van der Waals surface area (Å²) in [6, 6.07) is 0. The third kappa shape index (κ3) is 1.37. The molecule has 0 aromatic carbocycles. The van der Waals surface area contributed by atoms with Crippen molar-refractivity contribution in [2.24, 2.45) is 4.99 Å². The first kappa shape index (κ1) is 5.89. The molecule has 0 bridgehead atoms. The molecular formula is C6H9NS. The Labute approximate surface area is 54.8 Å². The molecule has 44 valence electrons. The number of hydrogen-bond acceptors (Lipinski definition) is 2. The fourth-order valence-corrected chi connectivity index (χ4v) is 1.01. The van der Waals surface area contributed by atoms with Gasteiger partial charge in [-0.05, 0) is 19.3 Å². The zero-order valence-corrected chi connectivity index (χ0v) is 5.58. The van der Waals surface area contributed by atoms with E-state index in [-0.39, 0.29) is 0 Å². The van der Waals surface area contributed by atoms with E-state index in [9.17, 15) is 0 Å². The number of aliphatic imine (C=N–C) groups is 1. The predicted octanol–water partition coefficient (Wildman–Crippen LogP) is 1.61. The quantitative estimate of drug-likeness (QED) is 0.487. The van der Waals surface area contributed by atoms with Gasteiger partial charge < -0.3 is 0 Å². The molecular weight excluding hydrogens is 118 g/mol. The van der Waals surface area contributed by atoms with Crippen LogP contribution in [0.15, 0.2) is 4.99 Å². The largest absolute Gasteiger partial charge is 0.289 e. The Morgan fingerprint density at radius 3 is 2.75 bits per heavy atom. The topological polar surface area (TPSA) is 12.4 Å². The van der Waals surface area contributed by atoms with Gasteiger partial charge in [0.1, 0.15) is 0 Å². The van der Waals surface area contributed by atoms with Crippen LogP contribution >= 0.6 is 12.2 Å². The fraction of sp³-hybridized carbons (Fsp3) is 0.667. The molecule has 0 fully saturated rings. The van der Waals surface area contributed by atoms with Gasteiger partial charge in [0, 0.05) is 17.6 Å². The second-order valence-corrected chi connectivity index (χ2v) is 2.18. The lowest BCUT2D eigenvalue weighted by molar-refractivity contribution is 0.744. The maximum atomic E-state index is 4.72. The molecule has 0 saturated heterocycles. The van der Waals surface area contributed by atoms with E-state index in [1.165, 1.54) is 12.8 Å². The minimum Gasteiger partial charge on any atom is -0.289 e. The Morgan fingerprint density at radius 2 is 2.38 bits per heavy atom. The summed E-state index contributed by atoms with van der Waals surface area (Å²) in [6.45, 7) is 0.989. The minimum absolute atomic E-state index is 0.989. The van der Waals surface area contributed by atoms with Crippen LogP contribution in [0, 0.1) is 0 Å². The summed E-state index contributed by atoms with van der Waals surface area (Å²) < 4.78 is 0. The smallest absolute Gasteiger partial charge is 0.0455 e. The van der Waals surface area contributed by atoms with Crippen molar-refractivity contribution < 1.29 is 0 Å². The van der Waals surface area contributed by atoms with Crippen LogP contribution in [0.4, 0.5) is 0 Å². The van der Waals surface area contributed by atoms with Gasteiger partial charge >= 0.3 is 0 Å². The molecule has 1 rings (SSSR count). The molecule has 0 spiro atoms. The molecule has 8 heavy (non-hydrogen) atoms. The third-order valence-electron chi connectivity index (χ3n) is 1.29. The molecule has 1 nitrogen and oxygen atoms in total. The van der Waals surface area contributed by atoms with E-state index in [2.05, 4.69) is 4.99 Å². The average molecular weight is 127 g/mol. The van der Waals surface area contributed by atoms with Crippen LogP contribution in [0.2, 0.25) is 0 Å². The van der Waals surface area contributed by atoms with E-state index >= 15 is 0 Å². The van der Waals surface area contributed by atoms with Crippen LogP contribution in [0.3, 0.4) is 0 Å². The van der Waals surface area contributed by atoms with E-state index < -0.39 is 0 Å². The van der Waals surface area contributed by atoms with Crippen molar-refractivity contribution in [3.63, 3.8) is 0 Å². The Bertz CT molecular complexity index is 118. The second kappa shape index (κ2) is 2.92. The zero-order valence-electron chi connectivity index (χ0n) is 4.76. The van der Waals surface area contributed by atoms with Gasteiger partial charge in [0.05, 0.1) is 0 Å². The van der Waals surface area contributed by atoms with Crippen LogP contribution in [0.1, 0.15) is 19.3 Å². The number of hydrogen-bond donors (Lipinski definition) is 0. The molecule has 1 heterocycles. The second-order valence-electron chi connectivity index (χ2n) is 1.95. The lowest BCUT2D eigenvalue weighted by Crippen LogP contribution is -2.05. The van der Waals surface area contributed by atoms with Crippen molar-refractivity contribution in [3.8, 4) is 0 Å². The Hall–Kier alpha value is -0.240. The molecule has 0 saturated carbocycles. The molecule has 0 radical (unpaired) electrons. The predicted molar refractivity (Wildman–Crippen MR) is 39.8 cm³/mol. The molecule has 1 aliphatic rings. The molecule has 0 unspecified atom stereocenters. The number of rotatable bonds is 1. The summed E-state index contributed by atoms with van der Waals surface area (Å²) in [5.41, 5.74) is 1.12. The van der Waals surface area contributed by atoms with Crippen LogP contribution in [0.5, 0.6) is 0 Å². The van der Waals surface area contributed by atoms with Gasteiger partial charge in [0.15, 0.2) is 0 Å². The summed E-state index contributed by atoms with van der Waals surface area (Å²) in [5, 5.41) is 1.69. The van der Waals surface area contributed by atoms with Crippen molar-refractivity contribution in [1.82, 2.24) is 0 Å². The molecule has 0 aliphatic carbocycles. The highest BCUT2D eigenvalue weighted by atomic mass is 32.1. The third-order valence-corrected chi connectivity index (χ3v) is 1.56. The summed E-state index contributed by atoms with van der Waals surface area (Å²) in [5.74, 6) is 0. The molecule has 0 atom stereocenters. The molecule has 1 aliphatic heterocycles. The maximum Gasteiger partial charge on any atom is 0.0455 e. The molecule has 0 amide bonds. The Balaban J connectivity index is 2.49. The lowest BCUT2D eigenvalue weighted by atomic mass is 10.1. The van der Waals surface area contributed by atoms with Gasteiger partial charge in [-0.25, -0.2) is 0 Å². The normalized spacial score (nSPS) is 19.8. The van der Waals surface area contributed by atoms with Crippen molar-refractivity contribution >= 4 is 23.3 Å². The van der Waals surface area contributed by atoms with Gasteiger partial charge in [0.2, 0.25) is 0 Å². The summed E-state index contributed by atoms with van der Waals surface area (Å²) in [4.78, 5) is 4.20. The Kier molecular flexibility index (Phi) is 2.15. The monoisotopic (exact) mass is 127 g/mol. The molecule has 0 aromatic rings. The standard InChI is InChI=1S/C6H9NS/c8-5-6-3-1-2-4-7-6/h5H,1-4H2. The molecule has 0 aromatic heterocycles. The van der Waals surface area contributed by atoms with Crippen LogP contribution < -0.4 is 0 Å². The molecule has 0 N–H and O–H groups in total. The van der Waals surface area contributed by atoms with Gasteiger partial charge in [0.25, 0.3) is 0 Å². The first-order valence-corrected chi connectivity index (χ1v) is 3.39. The van der Waals surface area contributed by atoms with E-state index in [4.69, 9.17) is 12.2 Å². The summed E-state index contributed by atoms with van der Waals surface area (Å²) in [6.07, 6.45) is 3.61. The van der Waals surface area contributed by atoms with Crippen LogP contribution in [0.25, 0.3) is 0 Å². The van der Waals surface area contributed by atoms with Crippen LogP contribution in [-0.2, 0) is 0 Å². The number of thiocarbonyl (C=S) groups is 1. The van der Waals surface area contributed by atoms with Gasteiger partial charge in [-0.1, -0.05) is 12.2 Å². The van der Waals surface area contributed by atoms with E-state index in [0.717, 1.165) is 18.7 Å². The van der Waals surface area contributed by atoms with E-state index in [1.54, 1.807) is 5.37 Å². The maximum absolute atomic E-state index is 4.72. The fourth-order valence-electron chi connectivity index (χ4n) is 0.816. The Morgan fingerprint density at radius 1 is 1.50 bits per heavy atom. The van der Waals surface area contributed by atoms with Gasteiger partial charge in [-0.2, -0.15) is 0 Å². The SMILES string of the molecule is S=CC1=NCCCC1. The average Bonchev–Trinajstić information content (AvgIpc) is 1.90. The highest BCUT2D eigenvalue weighted by Crippen LogP contribution is 2.03. The van der Waals surface area contributed by atoms with E-state index in [0.29, 0.717) is 0 Å². The van der Waals surface area contributed by atoms with Crippen molar-refractivity contribution in [2.75, 3.05) is 6.54 Å². The summed E-state index contributed by atoms with van der Waals surface area (Å²) >= 11 is 4.72. The highest BCUT2D eigenvalue weighted by molar-refractivity contribution is 7.80. The van der Waals surface area contributed by atoms with Crippen LogP contribution in [-0.4, -0.2) is 17.6 Å². The van der Waals surface area contributed by atoms with Crippen molar-refractivity contribution in [3.05, 3.63) is 0 Å². The van der Waals surface area contributed by atoms with Crippen molar-refractivity contribution in [1.29, 1.82) is 0 Å². The zero-order chi connectivity index (χ0) is 5.82.